The Balaban J connectivity index is 1.53. The Morgan fingerprint density at radius 3 is 1.97 bits per heavy atom. The highest BCUT2D eigenvalue weighted by Gasteiger charge is 2.15. The number of nitrogens with zero attached hydrogens (tertiary/aromatic N) is 1. The van der Waals surface area contributed by atoms with Crippen LogP contribution in [0.25, 0.3) is 0 Å². The van der Waals surface area contributed by atoms with E-state index in [-0.39, 0.29) is 30.8 Å². The third kappa shape index (κ3) is 7.19. The Morgan fingerprint density at radius 1 is 0.727 bits per heavy atom. The van der Waals surface area contributed by atoms with Crippen molar-refractivity contribution in [3.05, 3.63) is 84.4 Å². The van der Waals surface area contributed by atoms with E-state index in [9.17, 15) is 14.4 Å². The minimum Gasteiger partial charge on any atom is -0.497 e. The molecule has 170 valence electrons. The molecular weight excluding hydrogens is 420 g/mol. The van der Waals surface area contributed by atoms with Crippen LogP contribution < -0.4 is 20.7 Å². The topological polar surface area (TPSA) is 99.8 Å². The van der Waals surface area contributed by atoms with Crippen LogP contribution in [0.5, 0.6) is 5.75 Å². The second-order valence-corrected chi connectivity index (χ2v) is 7.36. The van der Waals surface area contributed by atoms with E-state index in [1.807, 2.05) is 18.2 Å². The SMILES string of the molecule is COc1ccc(NC(=O)CN(C)CC(=O)Nc2ccccc2C(=O)Nc2ccccc2)cc1. The molecule has 8 heteroatoms. The lowest BCUT2D eigenvalue weighted by Gasteiger charge is -2.17. The van der Waals surface area contributed by atoms with Crippen LogP contribution >= 0.6 is 0 Å². The quantitative estimate of drug-likeness (QED) is 0.468. The van der Waals surface area contributed by atoms with Crippen LogP contribution in [-0.2, 0) is 9.59 Å². The number of rotatable bonds is 9. The summed E-state index contributed by atoms with van der Waals surface area (Å²) in [5, 5.41) is 8.34. The van der Waals surface area contributed by atoms with Crippen molar-refractivity contribution in [3.8, 4) is 5.75 Å². The van der Waals surface area contributed by atoms with Crippen LogP contribution in [-0.4, -0.2) is 49.9 Å². The molecule has 0 aliphatic heterocycles. The molecule has 0 saturated carbocycles. The predicted molar refractivity (Wildman–Crippen MR) is 129 cm³/mol. The Hall–Kier alpha value is -4.17. The molecule has 3 rings (SSSR count). The first-order valence-electron chi connectivity index (χ1n) is 10.3. The second-order valence-electron chi connectivity index (χ2n) is 7.36. The van der Waals surface area contributed by atoms with Gasteiger partial charge in [-0.2, -0.15) is 0 Å². The van der Waals surface area contributed by atoms with Crippen molar-refractivity contribution in [2.45, 2.75) is 0 Å². The Bertz CT molecular complexity index is 1100. The summed E-state index contributed by atoms with van der Waals surface area (Å²) in [6.07, 6.45) is 0. The molecule has 0 saturated heterocycles. The van der Waals surface area contributed by atoms with E-state index < -0.39 is 0 Å². The van der Waals surface area contributed by atoms with Gasteiger partial charge in [0.05, 0.1) is 31.5 Å². The lowest BCUT2D eigenvalue weighted by atomic mass is 10.1. The fourth-order valence-corrected chi connectivity index (χ4v) is 3.12. The molecule has 0 atom stereocenters. The molecule has 0 aliphatic carbocycles. The van der Waals surface area contributed by atoms with Gasteiger partial charge in [0.15, 0.2) is 0 Å². The monoisotopic (exact) mass is 446 g/mol. The van der Waals surface area contributed by atoms with Crippen LogP contribution in [0.3, 0.4) is 0 Å². The van der Waals surface area contributed by atoms with Crippen molar-refractivity contribution in [1.82, 2.24) is 4.90 Å². The normalized spacial score (nSPS) is 10.4. The summed E-state index contributed by atoms with van der Waals surface area (Å²) in [5.41, 5.74) is 2.03. The van der Waals surface area contributed by atoms with Crippen LogP contribution in [0.2, 0.25) is 0 Å². The van der Waals surface area contributed by atoms with E-state index >= 15 is 0 Å². The molecule has 8 nitrogen and oxygen atoms in total. The third-order valence-corrected chi connectivity index (χ3v) is 4.68. The van der Waals surface area contributed by atoms with E-state index in [0.717, 1.165) is 0 Å². The predicted octanol–water partition coefficient (Wildman–Crippen LogP) is 3.46. The van der Waals surface area contributed by atoms with Gasteiger partial charge in [-0.15, -0.1) is 0 Å². The van der Waals surface area contributed by atoms with Gasteiger partial charge in [-0.25, -0.2) is 0 Å². The number of likely N-dealkylation sites (N-methyl/N-ethyl adjacent to an activating group) is 1. The minimum atomic E-state index is -0.338. The molecule has 0 unspecified atom stereocenters. The van der Waals surface area contributed by atoms with Crippen molar-refractivity contribution in [2.75, 3.05) is 43.2 Å². The standard InChI is InChI=1S/C25H26N4O4/c1-29(16-23(30)26-19-12-14-20(33-2)15-13-19)17-24(31)28-22-11-7-6-10-21(22)25(32)27-18-8-4-3-5-9-18/h3-15H,16-17H2,1-2H3,(H,26,30)(H,27,32)(H,28,31). The maximum atomic E-state index is 12.7. The number of nitrogens with one attached hydrogen (secondary N) is 3. The number of hydrogen-bond donors (Lipinski definition) is 3. The molecule has 0 bridgehead atoms. The van der Waals surface area contributed by atoms with E-state index in [1.165, 1.54) is 0 Å². The third-order valence-electron chi connectivity index (χ3n) is 4.68. The number of methoxy groups -OCH3 is 1. The Morgan fingerprint density at radius 2 is 1.30 bits per heavy atom. The van der Waals surface area contributed by atoms with E-state index in [2.05, 4.69) is 16.0 Å². The summed E-state index contributed by atoms with van der Waals surface area (Å²) in [5.74, 6) is -0.225. The number of carbonyl (C=O) groups is 3. The van der Waals surface area contributed by atoms with Crippen LogP contribution in [0, 0.1) is 0 Å². The van der Waals surface area contributed by atoms with Gasteiger partial charge in [0, 0.05) is 11.4 Å². The highest BCUT2D eigenvalue weighted by Crippen LogP contribution is 2.18. The molecule has 0 radical (unpaired) electrons. The fourth-order valence-electron chi connectivity index (χ4n) is 3.12. The lowest BCUT2D eigenvalue weighted by molar-refractivity contribution is -0.119. The lowest BCUT2D eigenvalue weighted by Crippen LogP contribution is -2.36. The number of hydrogen-bond acceptors (Lipinski definition) is 5. The first-order chi connectivity index (χ1) is 15.9. The zero-order valence-electron chi connectivity index (χ0n) is 18.5. The van der Waals surface area contributed by atoms with E-state index in [0.29, 0.717) is 28.4 Å². The highest BCUT2D eigenvalue weighted by molar-refractivity contribution is 6.10. The minimum absolute atomic E-state index is 0.0231. The number of ether oxygens (including phenoxy) is 1. The molecule has 3 aromatic carbocycles. The zero-order valence-corrected chi connectivity index (χ0v) is 18.5. The van der Waals surface area contributed by atoms with Crippen LogP contribution in [0.15, 0.2) is 78.9 Å². The largest absolute Gasteiger partial charge is 0.497 e. The smallest absolute Gasteiger partial charge is 0.257 e. The average Bonchev–Trinajstić information content (AvgIpc) is 2.80. The molecule has 3 aromatic rings. The van der Waals surface area contributed by atoms with Crippen molar-refractivity contribution in [2.24, 2.45) is 0 Å². The van der Waals surface area contributed by atoms with Crippen molar-refractivity contribution in [3.63, 3.8) is 0 Å². The number of anilines is 3. The van der Waals surface area contributed by atoms with E-state index in [4.69, 9.17) is 4.74 Å². The maximum absolute atomic E-state index is 12.7. The Kier molecular flexibility index (Phi) is 8.15. The van der Waals surface area contributed by atoms with Gasteiger partial charge in [0.2, 0.25) is 11.8 Å². The number of carbonyl (C=O) groups excluding carboxylic acids is 3. The highest BCUT2D eigenvalue weighted by atomic mass is 16.5. The summed E-state index contributed by atoms with van der Waals surface area (Å²) in [4.78, 5) is 39.1. The van der Waals surface area contributed by atoms with E-state index in [1.54, 1.807) is 79.7 Å². The van der Waals surface area contributed by atoms with Gasteiger partial charge in [-0.1, -0.05) is 30.3 Å². The van der Waals surface area contributed by atoms with Crippen LogP contribution in [0.1, 0.15) is 10.4 Å². The van der Waals surface area contributed by atoms with Crippen LogP contribution in [0.4, 0.5) is 17.1 Å². The first kappa shape index (κ1) is 23.5. The van der Waals surface area contributed by atoms with Gasteiger partial charge >= 0.3 is 0 Å². The van der Waals surface area contributed by atoms with Gasteiger partial charge < -0.3 is 20.7 Å². The average molecular weight is 447 g/mol. The summed E-state index contributed by atoms with van der Waals surface area (Å²) >= 11 is 0. The number of para-hydroxylation sites is 2. The Labute approximate surface area is 192 Å². The molecule has 33 heavy (non-hydrogen) atoms. The maximum Gasteiger partial charge on any atom is 0.257 e. The fraction of sp³-hybridized carbons (Fsp3) is 0.160. The van der Waals surface area contributed by atoms with Gasteiger partial charge in [0.25, 0.3) is 5.91 Å². The summed E-state index contributed by atoms with van der Waals surface area (Å²) in [6.45, 7) is 0.000258. The summed E-state index contributed by atoms with van der Waals surface area (Å²) in [7, 11) is 3.24. The molecule has 0 spiro atoms. The number of amides is 3. The zero-order chi connectivity index (χ0) is 23.6. The van der Waals surface area contributed by atoms with Gasteiger partial charge in [-0.3, -0.25) is 19.3 Å². The second kappa shape index (κ2) is 11.4. The number of benzene rings is 3. The molecular formula is C25H26N4O4. The molecule has 0 fully saturated rings. The van der Waals surface area contributed by atoms with Crippen molar-refractivity contribution < 1.29 is 19.1 Å². The van der Waals surface area contributed by atoms with Crippen molar-refractivity contribution in [1.29, 1.82) is 0 Å². The molecule has 0 heterocycles. The van der Waals surface area contributed by atoms with Crippen molar-refractivity contribution >= 4 is 34.8 Å². The summed E-state index contributed by atoms with van der Waals surface area (Å²) in [6, 6.07) is 22.8. The molecule has 0 aromatic heterocycles. The van der Waals surface area contributed by atoms with Gasteiger partial charge in [-0.05, 0) is 55.6 Å². The summed E-state index contributed by atoms with van der Waals surface area (Å²) < 4.78 is 5.09. The first-order valence-corrected chi connectivity index (χ1v) is 10.3. The molecule has 3 N–H and O–H groups in total. The molecule has 0 aliphatic rings. The van der Waals surface area contributed by atoms with Gasteiger partial charge in [0.1, 0.15) is 5.75 Å². The molecule has 3 amide bonds.